The van der Waals surface area contributed by atoms with E-state index in [0.29, 0.717) is 0 Å². The summed E-state index contributed by atoms with van der Waals surface area (Å²) in [6, 6.07) is 6.14. The Balaban J connectivity index is 2.34. The predicted octanol–water partition coefficient (Wildman–Crippen LogP) is 3.75. The van der Waals surface area contributed by atoms with Gasteiger partial charge in [-0.05, 0) is 58.7 Å². The summed E-state index contributed by atoms with van der Waals surface area (Å²) in [6.45, 7) is 10.5. The molecule has 2 heteroatoms. The van der Waals surface area contributed by atoms with E-state index >= 15 is 0 Å². The van der Waals surface area contributed by atoms with Crippen molar-refractivity contribution in [2.45, 2.75) is 52.5 Å². The normalized spacial score (nSPS) is 19.4. The van der Waals surface area contributed by atoms with Crippen molar-refractivity contribution in [3.63, 3.8) is 0 Å². The molecule has 1 aliphatic heterocycles. The van der Waals surface area contributed by atoms with Gasteiger partial charge in [0, 0.05) is 5.56 Å². The number of nitrogens with zero attached hydrogens (tertiary/aromatic N) is 1. The van der Waals surface area contributed by atoms with Gasteiger partial charge in [-0.2, -0.15) is 0 Å². The molecule has 19 heavy (non-hydrogen) atoms. The molecule has 2 rings (SSSR count). The zero-order chi connectivity index (χ0) is 14.0. The van der Waals surface area contributed by atoms with E-state index in [9.17, 15) is 4.79 Å². The average Bonchev–Trinajstić information content (AvgIpc) is 2.91. The first-order valence-corrected chi connectivity index (χ1v) is 7.36. The zero-order valence-electron chi connectivity index (χ0n) is 12.6. The summed E-state index contributed by atoms with van der Waals surface area (Å²) in [5.41, 5.74) is 2.87. The van der Waals surface area contributed by atoms with Crippen LogP contribution in [0.25, 0.3) is 0 Å². The van der Waals surface area contributed by atoms with Crippen molar-refractivity contribution in [3.05, 3.63) is 34.9 Å². The van der Waals surface area contributed by atoms with Crippen molar-refractivity contribution in [1.82, 2.24) is 4.90 Å². The van der Waals surface area contributed by atoms with Crippen molar-refractivity contribution in [2.75, 3.05) is 13.1 Å². The van der Waals surface area contributed by atoms with E-state index in [1.807, 2.05) is 19.1 Å². The quantitative estimate of drug-likeness (QED) is 0.768. The molecular weight excluding hydrogens is 234 g/mol. The SMILES string of the molecule is CCC(C)(C(=O)c1ccc(C)cc1C)N1CCCC1. The predicted molar refractivity (Wildman–Crippen MR) is 79.7 cm³/mol. The molecule has 1 unspecified atom stereocenters. The molecule has 0 radical (unpaired) electrons. The molecule has 0 bridgehead atoms. The molecule has 1 saturated heterocycles. The maximum Gasteiger partial charge on any atom is 0.183 e. The van der Waals surface area contributed by atoms with Crippen molar-refractivity contribution in [2.24, 2.45) is 0 Å². The minimum absolute atomic E-state index is 0.286. The molecule has 0 spiro atoms. The minimum Gasteiger partial charge on any atom is -0.292 e. The fourth-order valence-electron chi connectivity index (χ4n) is 3.10. The fourth-order valence-corrected chi connectivity index (χ4v) is 3.10. The van der Waals surface area contributed by atoms with Crippen LogP contribution in [-0.4, -0.2) is 29.3 Å². The van der Waals surface area contributed by atoms with E-state index in [-0.39, 0.29) is 11.3 Å². The fraction of sp³-hybridized carbons (Fsp3) is 0.588. The van der Waals surface area contributed by atoms with Crippen LogP contribution in [0.3, 0.4) is 0 Å². The molecule has 0 amide bonds. The van der Waals surface area contributed by atoms with Crippen molar-refractivity contribution >= 4 is 5.78 Å². The number of hydrogen-bond acceptors (Lipinski definition) is 2. The highest BCUT2D eigenvalue weighted by molar-refractivity contribution is 6.04. The molecule has 1 aliphatic rings. The summed E-state index contributed by atoms with van der Waals surface area (Å²) >= 11 is 0. The maximum absolute atomic E-state index is 13.0. The van der Waals surface area contributed by atoms with Gasteiger partial charge in [0.05, 0.1) is 5.54 Å². The van der Waals surface area contributed by atoms with Crippen LogP contribution in [0.4, 0.5) is 0 Å². The van der Waals surface area contributed by atoms with Gasteiger partial charge in [0.2, 0.25) is 0 Å². The first kappa shape index (κ1) is 14.3. The first-order valence-electron chi connectivity index (χ1n) is 7.36. The lowest BCUT2D eigenvalue weighted by atomic mass is 9.85. The second-order valence-electron chi connectivity index (χ2n) is 5.97. The first-order chi connectivity index (χ1) is 8.99. The summed E-state index contributed by atoms with van der Waals surface area (Å²) in [5, 5.41) is 0. The third-order valence-electron chi connectivity index (χ3n) is 4.61. The third kappa shape index (κ3) is 2.59. The molecule has 1 fully saturated rings. The molecular formula is C17H25NO. The lowest BCUT2D eigenvalue weighted by Crippen LogP contribution is -2.50. The van der Waals surface area contributed by atoms with E-state index in [2.05, 4.69) is 31.7 Å². The molecule has 0 aromatic heterocycles. The lowest BCUT2D eigenvalue weighted by molar-refractivity contribution is 0.0647. The van der Waals surface area contributed by atoms with Gasteiger partial charge in [-0.25, -0.2) is 0 Å². The van der Waals surface area contributed by atoms with Gasteiger partial charge in [-0.1, -0.05) is 30.7 Å². The highest BCUT2D eigenvalue weighted by Crippen LogP contribution is 2.29. The molecule has 104 valence electrons. The van der Waals surface area contributed by atoms with Gasteiger partial charge < -0.3 is 0 Å². The topological polar surface area (TPSA) is 20.3 Å². The Bertz CT molecular complexity index is 474. The summed E-state index contributed by atoms with van der Waals surface area (Å²) in [4.78, 5) is 15.3. The molecule has 1 heterocycles. The highest BCUT2D eigenvalue weighted by Gasteiger charge is 2.39. The Kier molecular flexibility index (Phi) is 4.10. The Labute approximate surface area is 116 Å². The van der Waals surface area contributed by atoms with Crippen LogP contribution in [0.1, 0.15) is 54.6 Å². The van der Waals surface area contributed by atoms with E-state index in [0.717, 1.165) is 30.6 Å². The Hall–Kier alpha value is -1.15. The van der Waals surface area contributed by atoms with Gasteiger partial charge in [0.1, 0.15) is 0 Å². The van der Waals surface area contributed by atoms with Gasteiger partial charge in [0.25, 0.3) is 0 Å². The Morgan fingerprint density at radius 1 is 1.26 bits per heavy atom. The third-order valence-corrected chi connectivity index (χ3v) is 4.61. The van der Waals surface area contributed by atoms with Crippen LogP contribution in [-0.2, 0) is 0 Å². The number of Topliss-reactive ketones (excluding diaryl/α,β-unsaturated/α-hetero) is 1. The van der Waals surface area contributed by atoms with Crippen LogP contribution in [0.5, 0.6) is 0 Å². The monoisotopic (exact) mass is 259 g/mol. The van der Waals surface area contributed by atoms with Gasteiger partial charge in [0.15, 0.2) is 5.78 Å². The summed E-state index contributed by atoms with van der Waals surface area (Å²) < 4.78 is 0. The minimum atomic E-state index is -0.337. The second kappa shape index (κ2) is 5.46. The zero-order valence-corrected chi connectivity index (χ0v) is 12.6. The maximum atomic E-state index is 13.0. The standard InChI is InChI=1S/C17H25NO/c1-5-17(4,18-10-6-7-11-18)16(19)15-9-8-13(2)12-14(15)3/h8-9,12H,5-7,10-11H2,1-4H3. The van der Waals surface area contributed by atoms with Gasteiger partial charge in [-0.3, -0.25) is 9.69 Å². The van der Waals surface area contributed by atoms with Gasteiger partial charge >= 0.3 is 0 Å². The molecule has 1 aromatic carbocycles. The molecule has 0 N–H and O–H groups in total. The number of hydrogen-bond donors (Lipinski definition) is 0. The van der Waals surface area contributed by atoms with E-state index < -0.39 is 0 Å². The summed E-state index contributed by atoms with van der Waals surface area (Å²) in [6.07, 6.45) is 3.31. The van der Waals surface area contributed by atoms with Crippen molar-refractivity contribution < 1.29 is 4.79 Å². The molecule has 0 saturated carbocycles. The van der Waals surface area contributed by atoms with E-state index in [1.54, 1.807) is 0 Å². The van der Waals surface area contributed by atoms with Gasteiger partial charge in [-0.15, -0.1) is 0 Å². The second-order valence-corrected chi connectivity index (χ2v) is 5.97. The van der Waals surface area contributed by atoms with Crippen LogP contribution in [0.2, 0.25) is 0 Å². The highest BCUT2D eigenvalue weighted by atomic mass is 16.1. The average molecular weight is 259 g/mol. The van der Waals surface area contributed by atoms with E-state index in [4.69, 9.17) is 0 Å². The van der Waals surface area contributed by atoms with Crippen LogP contribution in [0, 0.1) is 13.8 Å². The number of carbonyl (C=O) groups excluding carboxylic acids is 1. The number of carbonyl (C=O) groups is 1. The smallest absolute Gasteiger partial charge is 0.183 e. The van der Waals surface area contributed by atoms with Crippen LogP contribution >= 0.6 is 0 Å². The molecule has 0 aliphatic carbocycles. The Morgan fingerprint density at radius 2 is 1.89 bits per heavy atom. The van der Waals surface area contributed by atoms with Crippen LogP contribution in [0.15, 0.2) is 18.2 Å². The summed E-state index contributed by atoms with van der Waals surface area (Å²) in [5.74, 6) is 0.286. The van der Waals surface area contributed by atoms with Crippen molar-refractivity contribution in [3.8, 4) is 0 Å². The number of aryl methyl sites for hydroxylation is 2. The largest absolute Gasteiger partial charge is 0.292 e. The molecule has 1 atom stereocenters. The number of likely N-dealkylation sites (tertiary alicyclic amines) is 1. The lowest BCUT2D eigenvalue weighted by Gasteiger charge is -2.37. The van der Waals surface area contributed by atoms with Crippen molar-refractivity contribution in [1.29, 1.82) is 0 Å². The number of benzene rings is 1. The van der Waals surface area contributed by atoms with Crippen LogP contribution < -0.4 is 0 Å². The number of rotatable bonds is 4. The Morgan fingerprint density at radius 3 is 2.42 bits per heavy atom. The molecule has 2 nitrogen and oxygen atoms in total. The van der Waals surface area contributed by atoms with E-state index in [1.165, 1.54) is 18.4 Å². The number of ketones is 1. The summed E-state index contributed by atoms with van der Waals surface area (Å²) in [7, 11) is 0. The molecule has 1 aromatic rings.